The highest BCUT2D eigenvalue weighted by atomic mass is 19.1. The summed E-state index contributed by atoms with van der Waals surface area (Å²) < 4.78 is 14.8. The Balaban J connectivity index is 1.78. The predicted molar refractivity (Wildman–Crippen MR) is 86.7 cm³/mol. The standard InChI is InChI=1S/C16H22FN5O/c1-21-16(22-8-4-2-3-5-9-22)14(11-19-21)20-15(23)13-7-6-12(17)10-18-13/h6-7,10-11,15,20,23H,2-5,8-9H2,1H3. The molecule has 1 fully saturated rings. The number of hydrogen-bond donors (Lipinski definition) is 2. The molecule has 2 N–H and O–H groups in total. The van der Waals surface area contributed by atoms with E-state index < -0.39 is 12.0 Å². The zero-order valence-electron chi connectivity index (χ0n) is 13.2. The molecular formula is C16H22FN5O. The number of nitrogens with one attached hydrogen (secondary N) is 1. The van der Waals surface area contributed by atoms with E-state index in [2.05, 4.69) is 20.3 Å². The molecule has 1 aliphatic rings. The second-order valence-corrected chi connectivity index (χ2v) is 5.85. The molecule has 0 aromatic carbocycles. The van der Waals surface area contributed by atoms with Gasteiger partial charge in [0.05, 0.1) is 23.8 Å². The minimum Gasteiger partial charge on any atom is -0.368 e. The molecule has 2 aromatic rings. The van der Waals surface area contributed by atoms with Crippen molar-refractivity contribution in [2.75, 3.05) is 23.3 Å². The third-order valence-electron chi connectivity index (χ3n) is 4.14. The quantitative estimate of drug-likeness (QED) is 0.847. The lowest BCUT2D eigenvalue weighted by atomic mass is 10.2. The van der Waals surface area contributed by atoms with Crippen molar-refractivity contribution in [2.24, 2.45) is 7.05 Å². The van der Waals surface area contributed by atoms with Crippen LogP contribution in [0.3, 0.4) is 0 Å². The van der Waals surface area contributed by atoms with Crippen molar-refractivity contribution in [3.63, 3.8) is 0 Å². The number of halogens is 1. The maximum atomic E-state index is 12.9. The Morgan fingerprint density at radius 3 is 2.57 bits per heavy atom. The molecule has 1 aliphatic heterocycles. The molecule has 3 rings (SSSR count). The molecule has 1 unspecified atom stereocenters. The van der Waals surface area contributed by atoms with Gasteiger partial charge in [0.2, 0.25) is 0 Å². The molecular weight excluding hydrogens is 297 g/mol. The van der Waals surface area contributed by atoms with Gasteiger partial charge in [0, 0.05) is 20.1 Å². The third kappa shape index (κ3) is 3.61. The van der Waals surface area contributed by atoms with Crippen LogP contribution in [-0.2, 0) is 7.05 Å². The van der Waals surface area contributed by atoms with Crippen molar-refractivity contribution < 1.29 is 9.50 Å². The normalized spacial score (nSPS) is 16.9. The Morgan fingerprint density at radius 2 is 1.91 bits per heavy atom. The molecule has 0 spiro atoms. The van der Waals surface area contributed by atoms with Crippen molar-refractivity contribution in [1.29, 1.82) is 0 Å². The van der Waals surface area contributed by atoms with Crippen LogP contribution in [0.1, 0.15) is 37.6 Å². The van der Waals surface area contributed by atoms with Crippen LogP contribution in [0.4, 0.5) is 15.9 Å². The summed E-state index contributed by atoms with van der Waals surface area (Å²) in [6.45, 7) is 1.97. The van der Waals surface area contributed by atoms with Crippen molar-refractivity contribution in [1.82, 2.24) is 14.8 Å². The van der Waals surface area contributed by atoms with E-state index in [9.17, 15) is 9.50 Å². The van der Waals surface area contributed by atoms with E-state index in [1.165, 1.54) is 25.0 Å². The average molecular weight is 319 g/mol. The minimum atomic E-state index is -1.01. The fourth-order valence-corrected chi connectivity index (χ4v) is 2.96. The van der Waals surface area contributed by atoms with Crippen molar-refractivity contribution in [3.05, 3.63) is 36.0 Å². The first kappa shape index (κ1) is 15.7. The maximum Gasteiger partial charge on any atom is 0.168 e. The average Bonchev–Trinajstić information content (AvgIpc) is 2.76. The summed E-state index contributed by atoms with van der Waals surface area (Å²) in [5.41, 5.74) is 1.13. The fraction of sp³-hybridized carbons (Fsp3) is 0.500. The van der Waals surface area contributed by atoms with E-state index in [0.29, 0.717) is 5.69 Å². The van der Waals surface area contributed by atoms with Crippen LogP contribution in [0, 0.1) is 5.82 Å². The monoisotopic (exact) mass is 319 g/mol. The highest BCUT2D eigenvalue weighted by molar-refractivity contribution is 5.66. The van der Waals surface area contributed by atoms with Crippen molar-refractivity contribution in [2.45, 2.75) is 31.9 Å². The summed E-state index contributed by atoms with van der Waals surface area (Å²) in [7, 11) is 1.90. The summed E-state index contributed by atoms with van der Waals surface area (Å²) in [5.74, 6) is 0.542. The second-order valence-electron chi connectivity index (χ2n) is 5.85. The number of aromatic nitrogens is 3. The molecule has 0 saturated carbocycles. The van der Waals surface area contributed by atoms with Crippen LogP contribution in [0.2, 0.25) is 0 Å². The van der Waals surface area contributed by atoms with Gasteiger partial charge >= 0.3 is 0 Å². The molecule has 0 bridgehead atoms. The number of nitrogens with zero attached hydrogens (tertiary/aromatic N) is 4. The highest BCUT2D eigenvalue weighted by Gasteiger charge is 2.20. The van der Waals surface area contributed by atoms with Gasteiger partial charge in [-0.25, -0.2) is 4.39 Å². The van der Waals surface area contributed by atoms with Crippen LogP contribution in [0.25, 0.3) is 0 Å². The van der Waals surface area contributed by atoms with E-state index in [4.69, 9.17) is 0 Å². The van der Waals surface area contributed by atoms with E-state index in [1.807, 2.05) is 11.7 Å². The van der Waals surface area contributed by atoms with Gasteiger partial charge in [0.15, 0.2) is 6.23 Å². The molecule has 1 saturated heterocycles. The number of pyridine rings is 1. The van der Waals surface area contributed by atoms with Gasteiger partial charge in [-0.05, 0) is 25.0 Å². The Morgan fingerprint density at radius 1 is 1.17 bits per heavy atom. The van der Waals surface area contributed by atoms with E-state index in [0.717, 1.165) is 43.6 Å². The molecule has 6 nitrogen and oxygen atoms in total. The smallest absolute Gasteiger partial charge is 0.168 e. The van der Waals surface area contributed by atoms with Crippen LogP contribution in [-0.4, -0.2) is 33.0 Å². The molecule has 23 heavy (non-hydrogen) atoms. The van der Waals surface area contributed by atoms with Gasteiger partial charge in [-0.15, -0.1) is 0 Å². The molecule has 2 aromatic heterocycles. The number of aliphatic hydroxyl groups is 1. The molecule has 0 radical (unpaired) electrons. The molecule has 7 heteroatoms. The summed E-state index contributed by atoms with van der Waals surface area (Å²) in [4.78, 5) is 6.21. The van der Waals surface area contributed by atoms with Crippen LogP contribution >= 0.6 is 0 Å². The predicted octanol–water partition coefficient (Wildman–Crippen LogP) is 2.44. The van der Waals surface area contributed by atoms with E-state index >= 15 is 0 Å². The van der Waals surface area contributed by atoms with Crippen LogP contribution in [0.15, 0.2) is 24.5 Å². The topological polar surface area (TPSA) is 66.2 Å². The van der Waals surface area contributed by atoms with Gasteiger partial charge in [-0.1, -0.05) is 12.8 Å². The summed E-state index contributed by atoms with van der Waals surface area (Å²) in [6.07, 6.45) is 6.61. The Hall–Kier alpha value is -2.15. The second kappa shape index (κ2) is 6.95. The Labute approximate surface area is 134 Å². The summed E-state index contributed by atoms with van der Waals surface area (Å²) in [6, 6.07) is 2.75. The number of aliphatic hydroxyl groups excluding tert-OH is 1. The van der Waals surface area contributed by atoms with Gasteiger partial charge < -0.3 is 15.3 Å². The van der Waals surface area contributed by atoms with Crippen molar-refractivity contribution in [3.8, 4) is 0 Å². The van der Waals surface area contributed by atoms with E-state index in [1.54, 1.807) is 6.20 Å². The zero-order chi connectivity index (χ0) is 16.2. The summed E-state index contributed by atoms with van der Waals surface area (Å²) >= 11 is 0. The number of aryl methyl sites for hydroxylation is 1. The third-order valence-corrected chi connectivity index (χ3v) is 4.14. The lowest BCUT2D eigenvalue weighted by molar-refractivity contribution is 0.203. The molecule has 1 atom stereocenters. The molecule has 0 aliphatic carbocycles. The van der Waals surface area contributed by atoms with Gasteiger partial charge in [-0.3, -0.25) is 9.67 Å². The SMILES string of the molecule is Cn1ncc(NC(O)c2ccc(F)cn2)c1N1CCCCCC1. The lowest BCUT2D eigenvalue weighted by Gasteiger charge is -2.25. The Bertz CT molecular complexity index is 634. The highest BCUT2D eigenvalue weighted by Crippen LogP contribution is 2.29. The molecule has 0 amide bonds. The maximum absolute atomic E-state index is 12.9. The Kier molecular flexibility index (Phi) is 4.76. The number of rotatable bonds is 4. The first-order valence-electron chi connectivity index (χ1n) is 7.98. The van der Waals surface area contributed by atoms with Gasteiger partial charge in [0.25, 0.3) is 0 Å². The van der Waals surface area contributed by atoms with Crippen LogP contribution in [0.5, 0.6) is 0 Å². The summed E-state index contributed by atoms with van der Waals surface area (Å²) in [5, 5.41) is 17.6. The number of anilines is 2. The largest absolute Gasteiger partial charge is 0.368 e. The lowest BCUT2D eigenvalue weighted by Crippen LogP contribution is -2.27. The zero-order valence-corrected chi connectivity index (χ0v) is 13.2. The minimum absolute atomic E-state index is 0.372. The van der Waals surface area contributed by atoms with Crippen LogP contribution < -0.4 is 10.2 Å². The first-order valence-corrected chi connectivity index (χ1v) is 7.98. The van der Waals surface area contributed by atoms with Gasteiger partial charge in [-0.2, -0.15) is 5.10 Å². The first-order chi connectivity index (χ1) is 11.1. The molecule has 124 valence electrons. The van der Waals surface area contributed by atoms with Gasteiger partial charge in [0.1, 0.15) is 11.6 Å². The fourth-order valence-electron chi connectivity index (χ4n) is 2.96. The van der Waals surface area contributed by atoms with Crippen molar-refractivity contribution >= 4 is 11.5 Å². The number of hydrogen-bond acceptors (Lipinski definition) is 5. The molecule has 3 heterocycles. The van der Waals surface area contributed by atoms with E-state index in [-0.39, 0.29) is 0 Å².